The fourth-order valence-electron chi connectivity index (χ4n) is 4.17. The van der Waals surface area contributed by atoms with Crippen LogP contribution in [0.3, 0.4) is 0 Å². The first kappa shape index (κ1) is 26.3. The van der Waals surface area contributed by atoms with Crippen LogP contribution in [0.25, 0.3) is 0 Å². The fourth-order valence-corrected chi connectivity index (χ4v) is 4.47. The van der Waals surface area contributed by atoms with Crippen molar-refractivity contribution in [3.63, 3.8) is 0 Å². The van der Waals surface area contributed by atoms with E-state index in [1.165, 1.54) is 0 Å². The van der Waals surface area contributed by atoms with Gasteiger partial charge in [-0.25, -0.2) is 4.79 Å². The maximum Gasteiger partial charge on any atom is 0.407 e. The lowest BCUT2D eigenvalue weighted by molar-refractivity contribution is -0.165. The quantitative estimate of drug-likeness (QED) is 0.328. The van der Waals surface area contributed by atoms with Gasteiger partial charge in [-0.15, -0.1) is 0 Å². The topological polar surface area (TPSA) is 90.9 Å². The molecule has 9 heteroatoms. The predicted molar refractivity (Wildman–Crippen MR) is 122 cm³/mol. The van der Waals surface area contributed by atoms with E-state index in [4.69, 9.17) is 37.4 Å². The highest BCUT2D eigenvalue weighted by molar-refractivity contribution is 6.42. The highest BCUT2D eigenvalue weighted by Gasteiger charge is 2.54. The van der Waals surface area contributed by atoms with Crippen LogP contribution >= 0.6 is 23.2 Å². The van der Waals surface area contributed by atoms with E-state index in [-0.39, 0.29) is 19.3 Å². The average Bonchev–Trinajstić information content (AvgIpc) is 3.07. The number of rotatable bonds is 7. The van der Waals surface area contributed by atoms with E-state index in [0.29, 0.717) is 34.9 Å². The smallest absolute Gasteiger partial charge is 0.407 e. The standard InChI is InChI=1S/C23H31Cl2NO6/c1-6-30-19(27)18(20(28)31-7-2)23(14-8-9-16(24)17(25)12-14)11-10-15(13-23)26-21(29)32-22(3,4)5/h8-9,12,15,18H,6-7,10-11,13H2,1-5H3,(H,26,29)/t15-,23+/m0/s1. The summed E-state index contributed by atoms with van der Waals surface area (Å²) in [5, 5.41) is 3.52. The van der Waals surface area contributed by atoms with Crippen molar-refractivity contribution < 1.29 is 28.6 Å². The van der Waals surface area contributed by atoms with E-state index in [0.717, 1.165) is 0 Å². The second-order valence-electron chi connectivity index (χ2n) is 8.81. The molecule has 0 spiro atoms. The molecule has 0 aromatic heterocycles. The molecule has 1 amide bonds. The first-order chi connectivity index (χ1) is 14.9. The van der Waals surface area contributed by atoms with Crippen LogP contribution < -0.4 is 5.32 Å². The zero-order valence-electron chi connectivity index (χ0n) is 19.1. The van der Waals surface area contributed by atoms with Crippen molar-refractivity contribution in [3.8, 4) is 0 Å². The molecule has 1 aromatic carbocycles. The zero-order valence-corrected chi connectivity index (χ0v) is 20.6. The number of hydrogen-bond acceptors (Lipinski definition) is 6. The normalized spacial score (nSPS) is 20.7. The second kappa shape index (κ2) is 10.8. The van der Waals surface area contributed by atoms with Gasteiger partial charge < -0.3 is 19.5 Å². The molecule has 1 aromatic rings. The molecule has 2 rings (SSSR count). The SMILES string of the molecule is CCOC(=O)C(C(=O)OCC)[C@]1(c2ccc(Cl)c(Cl)c2)CC[C@H](NC(=O)OC(C)(C)C)C1. The van der Waals surface area contributed by atoms with Crippen molar-refractivity contribution in [2.75, 3.05) is 13.2 Å². The predicted octanol–water partition coefficient (Wildman–Crippen LogP) is 5.05. The second-order valence-corrected chi connectivity index (χ2v) is 9.62. The molecule has 1 aliphatic rings. The van der Waals surface area contributed by atoms with Gasteiger partial charge in [-0.05, 0) is 71.6 Å². The van der Waals surface area contributed by atoms with Gasteiger partial charge in [-0.1, -0.05) is 29.3 Å². The lowest BCUT2D eigenvalue weighted by atomic mass is 9.68. The summed E-state index contributed by atoms with van der Waals surface area (Å²) in [6.45, 7) is 8.91. The molecule has 0 radical (unpaired) electrons. The van der Waals surface area contributed by atoms with E-state index in [2.05, 4.69) is 5.32 Å². The van der Waals surface area contributed by atoms with Gasteiger partial charge in [0.05, 0.1) is 23.3 Å². The highest BCUT2D eigenvalue weighted by Crippen LogP contribution is 2.49. The van der Waals surface area contributed by atoms with Crippen molar-refractivity contribution in [3.05, 3.63) is 33.8 Å². The Morgan fingerprint density at radius 2 is 1.69 bits per heavy atom. The van der Waals surface area contributed by atoms with Gasteiger partial charge in [0.1, 0.15) is 5.60 Å². The number of esters is 2. The largest absolute Gasteiger partial charge is 0.465 e. The Balaban J connectivity index is 2.48. The maximum absolute atomic E-state index is 13.0. The van der Waals surface area contributed by atoms with Crippen molar-refractivity contribution in [1.82, 2.24) is 5.32 Å². The first-order valence-corrected chi connectivity index (χ1v) is 11.5. The Morgan fingerprint density at radius 1 is 1.09 bits per heavy atom. The first-order valence-electron chi connectivity index (χ1n) is 10.7. The molecule has 0 unspecified atom stereocenters. The summed E-state index contributed by atoms with van der Waals surface area (Å²) in [5.74, 6) is -2.56. The lowest BCUT2D eigenvalue weighted by Gasteiger charge is -2.35. The van der Waals surface area contributed by atoms with Crippen molar-refractivity contribution in [2.45, 2.75) is 70.9 Å². The van der Waals surface area contributed by atoms with Gasteiger partial charge in [0.15, 0.2) is 5.92 Å². The summed E-state index contributed by atoms with van der Waals surface area (Å²) >= 11 is 12.4. The number of halogens is 2. The van der Waals surface area contributed by atoms with Gasteiger partial charge in [-0.2, -0.15) is 0 Å². The number of carbonyl (C=O) groups excluding carboxylic acids is 3. The lowest BCUT2D eigenvalue weighted by Crippen LogP contribution is -2.46. The van der Waals surface area contributed by atoms with E-state index < -0.39 is 35.0 Å². The number of ether oxygens (including phenoxy) is 3. The molecule has 0 saturated heterocycles. The van der Waals surface area contributed by atoms with Crippen molar-refractivity contribution >= 4 is 41.2 Å². The fraction of sp³-hybridized carbons (Fsp3) is 0.609. The number of hydrogen-bond donors (Lipinski definition) is 1. The molecule has 0 bridgehead atoms. The van der Waals surface area contributed by atoms with Gasteiger partial charge in [0.25, 0.3) is 0 Å². The molecule has 2 atom stereocenters. The minimum Gasteiger partial charge on any atom is -0.465 e. The van der Waals surface area contributed by atoms with E-state index in [1.54, 1.807) is 52.8 Å². The summed E-state index contributed by atoms with van der Waals surface area (Å²) in [4.78, 5) is 38.3. The van der Waals surface area contributed by atoms with E-state index in [9.17, 15) is 14.4 Å². The van der Waals surface area contributed by atoms with Gasteiger partial charge in [-0.3, -0.25) is 9.59 Å². The highest BCUT2D eigenvalue weighted by atomic mass is 35.5. The van der Waals surface area contributed by atoms with Crippen molar-refractivity contribution in [1.29, 1.82) is 0 Å². The van der Waals surface area contributed by atoms with Gasteiger partial charge >= 0.3 is 18.0 Å². The molecule has 1 saturated carbocycles. The summed E-state index contributed by atoms with van der Waals surface area (Å²) < 4.78 is 15.9. The Kier molecular flexibility index (Phi) is 8.82. The number of carbonyl (C=O) groups is 3. The molecule has 1 N–H and O–H groups in total. The summed E-state index contributed by atoms with van der Waals surface area (Å²) in [6, 6.07) is 4.70. The molecular formula is C23H31Cl2NO6. The van der Waals surface area contributed by atoms with Crippen LogP contribution in [0.2, 0.25) is 10.0 Å². The van der Waals surface area contributed by atoms with E-state index >= 15 is 0 Å². The Labute approximate surface area is 199 Å². The van der Waals surface area contributed by atoms with Crippen LogP contribution in [0.5, 0.6) is 0 Å². The molecular weight excluding hydrogens is 457 g/mol. The molecule has 7 nitrogen and oxygen atoms in total. The number of alkyl carbamates (subject to hydrolysis) is 1. The zero-order chi connectivity index (χ0) is 24.1. The Bertz CT molecular complexity index is 835. The summed E-state index contributed by atoms with van der Waals surface area (Å²) in [7, 11) is 0. The van der Waals surface area contributed by atoms with Gasteiger partial charge in [0.2, 0.25) is 0 Å². The number of amides is 1. The van der Waals surface area contributed by atoms with Gasteiger partial charge in [0, 0.05) is 11.5 Å². The third kappa shape index (κ3) is 6.29. The van der Waals surface area contributed by atoms with E-state index in [1.807, 2.05) is 0 Å². The molecule has 32 heavy (non-hydrogen) atoms. The Hall–Kier alpha value is -1.99. The monoisotopic (exact) mass is 487 g/mol. The maximum atomic E-state index is 13.0. The van der Waals surface area contributed by atoms with Crippen LogP contribution in [-0.4, -0.2) is 42.9 Å². The van der Waals surface area contributed by atoms with Crippen LogP contribution in [0, 0.1) is 5.92 Å². The van der Waals surface area contributed by atoms with Crippen molar-refractivity contribution in [2.24, 2.45) is 5.92 Å². The third-order valence-corrected chi connectivity index (χ3v) is 6.10. The number of nitrogens with one attached hydrogen (secondary N) is 1. The third-order valence-electron chi connectivity index (χ3n) is 5.36. The average molecular weight is 488 g/mol. The minimum atomic E-state index is -1.22. The summed E-state index contributed by atoms with van der Waals surface area (Å²) in [5.41, 5.74) is -0.986. The molecule has 0 heterocycles. The van der Waals surface area contributed by atoms with Crippen LogP contribution in [0.15, 0.2) is 18.2 Å². The van der Waals surface area contributed by atoms with Crippen LogP contribution in [0.1, 0.15) is 59.4 Å². The molecule has 1 fully saturated rings. The molecule has 1 aliphatic carbocycles. The van der Waals surface area contributed by atoms with Crippen LogP contribution in [-0.2, 0) is 29.2 Å². The van der Waals surface area contributed by atoms with Crippen LogP contribution in [0.4, 0.5) is 4.79 Å². The number of benzene rings is 1. The molecule has 178 valence electrons. The Morgan fingerprint density at radius 3 is 2.19 bits per heavy atom. The minimum absolute atomic E-state index is 0.117. The summed E-state index contributed by atoms with van der Waals surface area (Å²) in [6.07, 6.45) is 0.686. The molecule has 0 aliphatic heterocycles.